The van der Waals surface area contributed by atoms with Crippen molar-refractivity contribution >= 4 is 12.0 Å². The Hall–Kier alpha value is -1.93. The fraction of sp³-hybridized carbons (Fsp3) is 0.385. The third-order valence-corrected chi connectivity index (χ3v) is 3.24. The lowest BCUT2D eigenvalue weighted by Crippen LogP contribution is -2.05. The maximum Gasteiger partial charge on any atom is 0.235 e. The van der Waals surface area contributed by atoms with Gasteiger partial charge in [0.05, 0.1) is 12.1 Å². The van der Waals surface area contributed by atoms with Crippen LogP contribution in [0.5, 0.6) is 0 Å². The molecule has 1 aliphatic heterocycles. The topological polar surface area (TPSA) is 51.0 Å². The summed E-state index contributed by atoms with van der Waals surface area (Å²) in [6.07, 6.45) is 3.52. The monoisotopic (exact) mass is 228 g/mol. The molecule has 1 saturated carbocycles. The van der Waals surface area contributed by atoms with Crippen LogP contribution in [-0.4, -0.2) is 25.1 Å². The Morgan fingerprint density at radius 2 is 2.06 bits per heavy atom. The summed E-state index contributed by atoms with van der Waals surface area (Å²) in [6.45, 7) is 1.40. The Morgan fingerprint density at radius 3 is 2.59 bits per heavy atom. The summed E-state index contributed by atoms with van der Waals surface area (Å²) in [5.74, 6) is 0.709. The normalized spacial score (nSPS) is 20.1. The Kier molecular flexibility index (Phi) is 2.30. The summed E-state index contributed by atoms with van der Waals surface area (Å²) in [5, 5.41) is 0. The number of isocyanates is 1. The van der Waals surface area contributed by atoms with Gasteiger partial charge in [0.25, 0.3) is 0 Å². The summed E-state index contributed by atoms with van der Waals surface area (Å²) in [4.78, 5) is 18.5. The van der Waals surface area contributed by atoms with Gasteiger partial charge >= 0.3 is 0 Å². The van der Waals surface area contributed by atoms with Crippen molar-refractivity contribution < 1.29 is 9.53 Å². The minimum Gasteiger partial charge on any atom is -0.476 e. The molecule has 0 saturated heterocycles. The molecular formula is C13H12N2O2. The van der Waals surface area contributed by atoms with Crippen molar-refractivity contribution in [1.82, 2.24) is 0 Å². The van der Waals surface area contributed by atoms with Crippen LogP contribution in [-0.2, 0) is 15.1 Å². The minimum absolute atomic E-state index is 0.293. The van der Waals surface area contributed by atoms with Crippen LogP contribution in [0.15, 0.2) is 34.3 Å². The van der Waals surface area contributed by atoms with Crippen molar-refractivity contribution in [3.05, 3.63) is 35.4 Å². The molecule has 4 nitrogen and oxygen atoms in total. The van der Waals surface area contributed by atoms with Gasteiger partial charge in [0.1, 0.15) is 6.61 Å². The van der Waals surface area contributed by atoms with Gasteiger partial charge in [-0.1, -0.05) is 12.1 Å². The highest BCUT2D eigenvalue weighted by Crippen LogP contribution is 2.49. The first-order valence-electron chi connectivity index (χ1n) is 5.71. The van der Waals surface area contributed by atoms with Gasteiger partial charge in [-0.15, -0.1) is 0 Å². The van der Waals surface area contributed by atoms with Crippen molar-refractivity contribution in [3.63, 3.8) is 0 Å². The molecule has 0 unspecified atom stereocenters. The van der Waals surface area contributed by atoms with Crippen molar-refractivity contribution in [2.45, 2.75) is 18.4 Å². The number of hydrogen-bond acceptors (Lipinski definition) is 4. The molecule has 1 fully saturated rings. The number of benzene rings is 1. The lowest BCUT2D eigenvalue weighted by atomic mass is 10.0. The fourth-order valence-electron chi connectivity index (χ4n) is 2.10. The van der Waals surface area contributed by atoms with Gasteiger partial charge in [0.2, 0.25) is 12.0 Å². The Bertz CT molecular complexity index is 509. The van der Waals surface area contributed by atoms with Crippen LogP contribution in [0.3, 0.4) is 0 Å². The number of ether oxygens (including phenoxy) is 1. The zero-order chi connectivity index (χ0) is 11.7. The van der Waals surface area contributed by atoms with Gasteiger partial charge in [0, 0.05) is 5.56 Å². The number of carbonyl (C=O) groups excluding carboxylic acids is 1. The van der Waals surface area contributed by atoms with E-state index in [1.54, 1.807) is 6.08 Å². The molecule has 0 aromatic heterocycles. The summed E-state index contributed by atoms with van der Waals surface area (Å²) in [5.41, 5.74) is 1.76. The van der Waals surface area contributed by atoms with Crippen molar-refractivity contribution in [2.24, 2.45) is 9.98 Å². The van der Waals surface area contributed by atoms with E-state index >= 15 is 0 Å². The summed E-state index contributed by atoms with van der Waals surface area (Å²) < 4.78 is 5.39. The second-order valence-electron chi connectivity index (χ2n) is 4.35. The predicted molar refractivity (Wildman–Crippen MR) is 62.8 cm³/mol. The first-order valence-corrected chi connectivity index (χ1v) is 5.71. The molecule has 0 spiro atoms. The number of hydrogen-bond donors (Lipinski definition) is 0. The Balaban J connectivity index is 1.88. The molecule has 4 heteroatoms. The van der Waals surface area contributed by atoms with E-state index in [1.165, 1.54) is 0 Å². The maximum absolute atomic E-state index is 10.4. The van der Waals surface area contributed by atoms with E-state index in [9.17, 15) is 4.79 Å². The lowest BCUT2D eigenvalue weighted by Gasteiger charge is -2.08. The molecule has 1 aromatic carbocycles. The smallest absolute Gasteiger partial charge is 0.235 e. The van der Waals surface area contributed by atoms with Crippen LogP contribution >= 0.6 is 0 Å². The van der Waals surface area contributed by atoms with Gasteiger partial charge < -0.3 is 4.74 Å². The molecule has 17 heavy (non-hydrogen) atoms. The summed E-state index contributed by atoms with van der Waals surface area (Å²) in [6, 6.07) is 7.93. The van der Waals surface area contributed by atoms with Gasteiger partial charge in [-0.05, 0) is 30.5 Å². The van der Waals surface area contributed by atoms with Gasteiger partial charge in [0.15, 0.2) is 0 Å². The van der Waals surface area contributed by atoms with E-state index in [2.05, 4.69) is 9.98 Å². The first-order chi connectivity index (χ1) is 8.34. The lowest BCUT2D eigenvalue weighted by molar-refractivity contribution is 0.348. The molecule has 3 rings (SSSR count). The van der Waals surface area contributed by atoms with Crippen LogP contribution in [0.25, 0.3) is 0 Å². The van der Waals surface area contributed by atoms with Crippen LogP contribution < -0.4 is 0 Å². The number of rotatable bonds is 3. The molecule has 86 valence electrons. The molecule has 1 aromatic rings. The van der Waals surface area contributed by atoms with Gasteiger partial charge in [-0.2, -0.15) is 4.99 Å². The average Bonchev–Trinajstić information content (AvgIpc) is 2.94. The second-order valence-corrected chi connectivity index (χ2v) is 4.35. The fourth-order valence-corrected chi connectivity index (χ4v) is 2.10. The molecule has 1 aliphatic carbocycles. The zero-order valence-electron chi connectivity index (χ0n) is 9.35. The molecule has 0 atom stereocenters. The minimum atomic E-state index is -0.293. The molecule has 0 bridgehead atoms. The third kappa shape index (κ3) is 1.77. The SMILES string of the molecule is O=C=NC1(c2ccc(C3=NCCO3)cc2)CC1. The van der Waals surface area contributed by atoms with Gasteiger partial charge in [-0.3, -0.25) is 0 Å². The second kappa shape index (κ2) is 3.82. The molecule has 0 amide bonds. The summed E-state index contributed by atoms with van der Waals surface area (Å²) in [7, 11) is 0. The summed E-state index contributed by atoms with van der Waals surface area (Å²) >= 11 is 0. The van der Waals surface area contributed by atoms with Crippen LogP contribution in [0, 0.1) is 0 Å². The molecule has 1 heterocycles. The van der Waals surface area contributed by atoms with Crippen LogP contribution in [0.1, 0.15) is 24.0 Å². The molecule has 0 radical (unpaired) electrons. The largest absolute Gasteiger partial charge is 0.476 e. The van der Waals surface area contributed by atoms with E-state index in [0.29, 0.717) is 12.5 Å². The quantitative estimate of drug-likeness (QED) is 0.585. The van der Waals surface area contributed by atoms with Gasteiger partial charge in [-0.25, -0.2) is 9.79 Å². The molecule has 2 aliphatic rings. The van der Waals surface area contributed by atoms with E-state index < -0.39 is 0 Å². The van der Waals surface area contributed by atoms with Crippen molar-refractivity contribution in [1.29, 1.82) is 0 Å². The number of aliphatic imine (C=N–C) groups is 2. The van der Waals surface area contributed by atoms with E-state index in [0.717, 1.165) is 30.5 Å². The third-order valence-electron chi connectivity index (χ3n) is 3.24. The zero-order valence-corrected chi connectivity index (χ0v) is 9.35. The standard InChI is InChI=1S/C13H12N2O2/c16-9-15-13(5-6-13)11-3-1-10(2-4-11)12-14-7-8-17-12/h1-4H,5-8H2. The van der Waals surface area contributed by atoms with E-state index in [4.69, 9.17) is 4.74 Å². The van der Waals surface area contributed by atoms with E-state index in [1.807, 2.05) is 24.3 Å². The highest BCUT2D eigenvalue weighted by Gasteiger charge is 2.44. The van der Waals surface area contributed by atoms with Crippen molar-refractivity contribution in [2.75, 3.05) is 13.2 Å². The van der Waals surface area contributed by atoms with Crippen LogP contribution in [0.2, 0.25) is 0 Å². The average molecular weight is 228 g/mol. The maximum atomic E-state index is 10.4. The number of nitrogens with zero attached hydrogens (tertiary/aromatic N) is 2. The molecule has 0 N–H and O–H groups in total. The Labute approximate surface area is 99.0 Å². The van der Waals surface area contributed by atoms with Crippen LogP contribution in [0.4, 0.5) is 0 Å². The molecular weight excluding hydrogens is 216 g/mol. The Morgan fingerprint density at radius 1 is 1.29 bits per heavy atom. The van der Waals surface area contributed by atoms with E-state index in [-0.39, 0.29) is 5.54 Å². The highest BCUT2D eigenvalue weighted by molar-refractivity contribution is 5.94. The van der Waals surface area contributed by atoms with Crippen molar-refractivity contribution in [3.8, 4) is 0 Å². The predicted octanol–water partition coefficient (Wildman–Crippen LogP) is 1.79. The highest BCUT2D eigenvalue weighted by atomic mass is 16.5. The first kappa shape index (κ1) is 10.2.